The zero-order valence-corrected chi connectivity index (χ0v) is 14.5. The van der Waals surface area contributed by atoms with Gasteiger partial charge in [0.05, 0.1) is 0 Å². The van der Waals surface area contributed by atoms with Crippen LogP contribution in [0.1, 0.15) is 11.3 Å². The minimum absolute atomic E-state index is 0.840. The van der Waals surface area contributed by atoms with E-state index >= 15 is 0 Å². The third-order valence-electron chi connectivity index (χ3n) is 4.67. The fourth-order valence-corrected chi connectivity index (χ4v) is 3.11. The largest absolute Gasteiger partial charge is 0.353 e. The summed E-state index contributed by atoms with van der Waals surface area (Å²) in [6, 6.07) is 7.96. The maximum atomic E-state index is 4.75. The molecule has 1 aliphatic rings. The van der Waals surface area contributed by atoms with Gasteiger partial charge >= 0.3 is 0 Å². The van der Waals surface area contributed by atoms with E-state index in [9.17, 15) is 0 Å². The monoisotopic (exact) mass is 335 g/mol. The molecule has 7 nitrogen and oxygen atoms in total. The molecule has 0 saturated carbocycles. The molecule has 25 heavy (non-hydrogen) atoms. The number of hydrogen-bond donors (Lipinski definition) is 0. The zero-order valence-electron chi connectivity index (χ0n) is 14.5. The molecule has 0 aliphatic carbocycles. The molecule has 0 N–H and O–H groups in total. The smallest absolute Gasteiger partial charge is 0.155 e. The molecule has 4 heterocycles. The summed E-state index contributed by atoms with van der Waals surface area (Å²) in [5, 5.41) is 4.26. The third kappa shape index (κ3) is 3.05. The minimum atomic E-state index is 0.840. The van der Waals surface area contributed by atoms with Crippen molar-refractivity contribution in [1.82, 2.24) is 24.7 Å². The lowest BCUT2D eigenvalue weighted by Gasteiger charge is -2.36. The molecule has 1 aliphatic heterocycles. The molecule has 0 amide bonds. The maximum absolute atomic E-state index is 4.75. The fraction of sp³-hybridized carbons (Fsp3) is 0.333. The second-order valence-electron chi connectivity index (χ2n) is 6.19. The van der Waals surface area contributed by atoms with E-state index in [1.54, 1.807) is 17.2 Å². The number of rotatable bonds is 3. The molecule has 3 aromatic heterocycles. The Hall–Kier alpha value is -2.96. The van der Waals surface area contributed by atoms with Gasteiger partial charge in [0, 0.05) is 49.8 Å². The van der Waals surface area contributed by atoms with Gasteiger partial charge in [0.15, 0.2) is 5.82 Å². The standard InChI is InChI=1S/C18H21N7/c1-14-15(2)19-13-20-18(14)24-11-9-23(10-12-24)16-5-3-6-17(22-16)25-8-4-7-21-25/h3-8,13H,9-12H2,1-2H3. The predicted molar refractivity (Wildman–Crippen MR) is 97.3 cm³/mol. The van der Waals surface area contributed by atoms with Crippen LogP contribution in [-0.2, 0) is 0 Å². The van der Waals surface area contributed by atoms with Gasteiger partial charge in [0.25, 0.3) is 0 Å². The molecule has 1 fully saturated rings. The Morgan fingerprint density at radius 1 is 0.880 bits per heavy atom. The van der Waals surface area contributed by atoms with Crippen molar-refractivity contribution in [2.45, 2.75) is 13.8 Å². The highest BCUT2D eigenvalue weighted by Crippen LogP contribution is 2.22. The Kier molecular flexibility index (Phi) is 4.05. The second-order valence-corrected chi connectivity index (χ2v) is 6.19. The topological polar surface area (TPSA) is 63.0 Å². The van der Waals surface area contributed by atoms with Crippen molar-refractivity contribution in [2.75, 3.05) is 36.0 Å². The highest BCUT2D eigenvalue weighted by molar-refractivity contribution is 5.50. The summed E-state index contributed by atoms with van der Waals surface area (Å²) >= 11 is 0. The average Bonchev–Trinajstić information content (AvgIpc) is 3.19. The predicted octanol–water partition coefficient (Wildman–Crippen LogP) is 2.00. The molecule has 0 unspecified atom stereocenters. The van der Waals surface area contributed by atoms with E-state index in [0.717, 1.165) is 54.9 Å². The van der Waals surface area contributed by atoms with Gasteiger partial charge in [-0.1, -0.05) is 6.07 Å². The van der Waals surface area contributed by atoms with Crippen LogP contribution in [0.5, 0.6) is 0 Å². The van der Waals surface area contributed by atoms with Crippen molar-refractivity contribution >= 4 is 11.6 Å². The van der Waals surface area contributed by atoms with Crippen molar-refractivity contribution in [3.8, 4) is 5.82 Å². The maximum Gasteiger partial charge on any atom is 0.155 e. The van der Waals surface area contributed by atoms with Crippen molar-refractivity contribution in [3.63, 3.8) is 0 Å². The summed E-state index contributed by atoms with van der Waals surface area (Å²) in [6.07, 6.45) is 5.32. The molecular formula is C18H21N7. The molecule has 3 aromatic rings. The third-order valence-corrected chi connectivity index (χ3v) is 4.67. The number of piperazine rings is 1. The van der Waals surface area contributed by atoms with Crippen LogP contribution in [0.4, 0.5) is 11.6 Å². The van der Waals surface area contributed by atoms with Gasteiger partial charge in [-0.2, -0.15) is 5.10 Å². The Morgan fingerprint density at radius 2 is 1.64 bits per heavy atom. The lowest BCUT2D eigenvalue weighted by atomic mass is 10.2. The molecule has 0 aromatic carbocycles. The first kappa shape index (κ1) is 15.6. The summed E-state index contributed by atoms with van der Waals surface area (Å²) < 4.78 is 1.78. The van der Waals surface area contributed by atoms with Gasteiger partial charge in [-0.25, -0.2) is 19.6 Å². The molecule has 0 spiro atoms. The van der Waals surface area contributed by atoms with Crippen molar-refractivity contribution in [3.05, 3.63) is 54.2 Å². The number of hydrogen-bond acceptors (Lipinski definition) is 6. The SMILES string of the molecule is Cc1ncnc(N2CCN(c3cccc(-n4cccn4)n3)CC2)c1C. The van der Waals surface area contributed by atoms with E-state index < -0.39 is 0 Å². The quantitative estimate of drug-likeness (QED) is 0.729. The molecule has 128 valence electrons. The van der Waals surface area contributed by atoms with E-state index in [1.807, 2.05) is 31.3 Å². The first-order chi connectivity index (χ1) is 12.2. The lowest BCUT2D eigenvalue weighted by molar-refractivity contribution is 0.637. The van der Waals surface area contributed by atoms with Crippen LogP contribution in [-0.4, -0.2) is 50.9 Å². The van der Waals surface area contributed by atoms with E-state index in [4.69, 9.17) is 4.98 Å². The summed E-state index contributed by atoms with van der Waals surface area (Å²) in [5.74, 6) is 2.88. The highest BCUT2D eigenvalue weighted by Gasteiger charge is 2.21. The summed E-state index contributed by atoms with van der Waals surface area (Å²) in [6.45, 7) is 7.79. The number of aryl methyl sites for hydroxylation is 1. The molecule has 0 radical (unpaired) electrons. The van der Waals surface area contributed by atoms with E-state index in [1.165, 1.54) is 0 Å². The fourth-order valence-electron chi connectivity index (χ4n) is 3.11. The second kappa shape index (κ2) is 6.51. The van der Waals surface area contributed by atoms with E-state index in [0.29, 0.717) is 0 Å². The molecule has 4 rings (SSSR count). The van der Waals surface area contributed by atoms with Crippen molar-refractivity contribution in [2.24, 2.45) is 0 Å². The summed E-state index contributed by atoms with van der Waals surface area (Å²) in [5.41, 5.74) is 2.20. The van der Waals surface area contributed by atoms with Crippen LogP contribution in [0.15, 0.2) is 43.0 Å². The van der Waals surface area contributed by atoms with Crippen LogP contribution in [0.25, 0.3) is 5.82 Å². The summed E-state index contributed by atoms with van der Waals surface area (Å²) in [4.78, 5) is 18.1. The average molecular weight is 335 g/mol. The van der Waals surface area contributed by atoms with Crippen LogP contribution < -0.4 is 9.80 Å². The number of anilines is 2. The van der Waals surface area contributed by atoms with Crippen LogP contribution in [0, 0.1) is 13.8 Å². The molecule has 0 atom stereocenters. The number of aromatic nitrogens is 5. The number of pyridine rings is 1. The van der Waals surface area contributed by atoms with Crippen molar-refractivity contribution < 1.29 is 0 Å². The van der Waals surface area contributed by atoms with Crippen molar-refractivity contribution in [1.29, 1.82) is 0 Å². The first-order valence-corrected chi connectivity index (χ1v) is 8.47. The molecule has 1 saturated heterocycles. The van der Waals surface area contributed by atoms with Gasteiger partial charge in [0.1, 0.15) is 18.0 Å². The van der Waals surface area contributed by atoms with Gasteiger partial charge < -0.3 is 9.80 Å². The highest BCUT2D eigenvalue weighted by atomic mass is 15.3. The normalized spacial score (nSPS) is 14.8. The first-order valence-electron chi connectivity index (χ1n) is 8.47. The lowest BCUT2D eigenvalue weighted by Crippen LogP contribution is -2.47. The summed E-state index contributed by atoms with van der Waals surface area (Å²) in [7, 11) is 0. The molecular weight excluding hydrogens is 314 g/mol. The number of nitrogens with zero attached hydrogens (tertiary/aromatic N) is 7. The Bertz CT molecular complexity index is 852. The van der Waals surface area contributed by atoms with Crippen LogP contribution in [0.2, 0.25) is 0 Å². The zero-order chi connectivity index (χ0) is 17.2. The van der Waals surface area contributed by atoms with E-state index in [2.05, 4.69) is 37.9 Å². The Morgan fingerprint density at radius 3 is 2.40 bits per heavy atom. The van der Waals surface area contributed by atoms with Gasteiger partial charge in [0.2, 0.25) is 0 Å². The van der Waals surface area contributed by atoms with Gasteiger partial charge in [-0.05, 0) is 32.0 Å². The van der Waals surface area contributed by atoms with Crippen LogP contribution in [0.3, 0.4) is 0 Å². The van der Waals surface area contributed by atoms with E-state index in [-0.39, 0.29) is 0 Å². The van der Waals surface area contributed by atoms with Gasteiger partial charge in [-0.15, -0.1) is 0 Å². The minimum Gasteiger partial charge on any atom is -0.353 e. The molecule has 0 bridgehead atoms. The molecule has 7 heteroatoms. The van der Waals surface area contributed by atoms with Gasteiger partial charge in [-0.3, -0.25) is 0 Å². The Balaban J connectivity index is 1.49. The van der Waals surface area contributed by atoms with Crippen LogP contribution >= 0.6 is 0 Å². The Labute approximate surface area is 147 Å².